The molecule has 0 atom stereocenters. The van der Waals surface area contributed by atoms with E-state index in [2.05, 4.69) is 10.1 Å². The minimum absolute atomic E-state index is 0.0755. The molecule has 4 rings (SSSR count). The van der Waals surface area contributed by atoms with Crippen LogP contribution in [0.1, 0.15) is 12.3 Å². The first-order valence-electron chi connectivity index (χ1n) is 10.3. The van der Waals surface area contributed by atoms with Crippen LogP contribution in [-0.2, 0) is 21.2 Å². The van der Waals surface area contributed by atoms with E-state index in [0.717, 1.165) is 5.56 Å². The lowest BCUT2D eigenvalue weighted by atomic mass is 10.2. The minimum Gasteiger partial charge on any atom is -0.493 e. The van der Waals surface area contributed by atoms with Crippen molar-refractivity contribution in [3.63, 3.8) is 0 Å². The maximum Gasteiger partial charge on any atom is 0.243 e. The second kappa shape index (κ2) is 9.89. The number of aryl methyl sites for hydroxylation is 1. The van der Waals surface area contributed by atoms with Gasteiger partial charge in [-0.15, -0.1) is 0 Å². The van der Waals surface area contributed by atoms with E-state index in [-0.39, 0.29) is 30.3 Å². The van der Waals surface area contributed by atoms with Gasteiger partial charge in [-0.1, -0.05) is 5.16 Å². The third-order valence-corrected chi connectivity index (χ3v) is 7.96. The van der Waals surface area contributed by atoms with Crippen LogP contribution >= 0.6 is 11.3 Å². The van der Waals surface area contributed by atoms with E-state index in [1.54, 1.807) is 22.3 Å². The van der Waals surface area contributed by atoms with Crippen molar-refractivity contribution in [1.29, 1.82) is 0 Å². The maximum absolute atomic E-state index is 13.0. The number of thiophene rings is 1. The van der Waals surface area contributed by atoms with Crippen LogP contribution in [0, 0.1) is 0 Å². The predicted molar refractivity (Wildman–Crippen MR) is 121 cm³/mol. The molecule has 176 valence electrons. The summed E-state index contributed by atoms with van der Waals surface area (Å²) in [4.78, 5) is 18.7. The molecule has 2 aromatic heterocycles. The molecule has 0 bridgehead atoms. The highest BCUT2D eigenvalue weighted by Crippen LogP contribution is 2.31. The van der Waals surface area contributed by atoms with E-state index < -0.39 is 10.0 Å². The summed E-state index contributed by atoms with van der Waals surface area (Å²) in [7, 11) is -0.772. The third-order valence-electron chi connectivity index (χ3n) is 5.38. The molecular weight excluding hydrogens is 468 g/mol. The Kier molecular flexibility index (Phi) is 6.96. The van der Waals surface area contributed by atoms with Crippen LogP contribution in [0.15, 0.2) is 44.4 Å². The summed E-state index contributed by atoms with van der Waals surface area (Å²) in [6.07, 6.45) is 0.549. The van der Waals surface area contributed by atoms with Gasteiger partial charge < -0.3 is 18.9 Å². The fraction of sp³-hybridized carbons (Fsp3) is 0.381. The number of benzene rings is 1. The Morgan fingerprint density at radius 2 is 1.88 bits per heavy atom. The van der Waals surface area contributed by atoms with Crippen molar-refractivity contribution < 1.29 is 27.2 Å². The fourth-order valence-electron chi connectivity index (χ4n) is 3.54. The zero-order valence-electron chi connectivity index (χ0n) is 18.3. The zero-order valence-corrected chi connectivity index (χ0v) is 19.9. The number of rotatable bonds is 8. The van der Waals surface area contributed by atoms with Gasteiger partial charge in [-0.25, -0.2) is 8.42 Å². The highest BCUT2D eigenvalue weighted by Gasteiger charge is 2.30. The average Bonchev–Trinajstić information content (AvgIpc) is 3.54. The van der Waals surface area contributed by atoms with Gasteiger partial charge in [-0.05, 0) is 23.6 Å². The molecule has 10 nitrogen and oxygen atoms in total. The number of piperazine rings is 1. The summed E-state index contributed by atoms with van der Waals surface area (Å²) >= 11 is 1.54. The van der Waals surface area contributed by atoms with Crippen molar-refractivity contribution in [3.8, 4) is 22.9 Å². The molecule has 0 saturated carbocycles. The Morgan fingerprint density at radius 1 is 1.12 bits per heavy atom. The van der Waals surface area contributed by atoms with Crippen molar-refractivity contribution in [1.82, 2.24) is 19.3 Å². The number of hydrogen-bond acceptors (Lipinski definition) is 9. The van der Waals surface area contributed by atoms with E-state index in [4.69, 9.17) is 14.0 Å². The van der Waals surface area contributed by atoms with E-state index in [1.807, 2.05) is 16.8 Å². The van der Waals surface area contributed by atoms with E-state index in [0.29, 0.717) is 42.7 Å². The largest absolute Gasteiger partial charge is 0.493 e. The quantitative estimate of drug-likeness (QED) is 0.470. The molecule has 0 N–H and O–H groups in total. The highest BCUT2D eigenvalue weighted by molar-refractivity contribution is 7.89. The predicted octanol–water partition coefficient (Wildman–Crippen LogP) is 2.28. The van der Waals surface area contributed by atoms with Crippen molar-refractivity contribution in [2.24, 2.45) is 0 Å². The van der Waals surface area contributed by atoms with E-state index in [9.17, 15) is 13.2 Å². The molecule has 3 aromatic rings. The van der Waals surface area contributed by atoms with E-state index in [1.165, 1.54) is 30.7 Å². The molecule has 12 heteroatoms. The lowest BCUT2D eigenvalue weighted by molar-refractivity contribution is -0.132. The Morgan fingerprint density at radius 3 is 2.55 bits per heavy atom. The zero-order chi connectivity index (χ0) is 23.4. The molecule has 3 heterocycles. The van der Waals surface area contributed by atoms with Crippen molar-refractivity contribution in [2.75, 3.05) is 40.4 Å². The molecule has 0 unspecified atom stereocenters. The standard InChI is InChI=1S/C21H24N4O6S2/c1-29-17-4-3-16(13-18(17)30-2)33(27,28)25-10-8-24(9-11-25)20(26)6-5-19-22-21(23-31-19)15-7-12-32-14-15/h3-4,7,12-14H,5-6,8-11H2,1-2H3. The molecule has 1 aliphatic heterocycles. The molecule has 1 amide bonds. The number of methoxy groups -OCH3 is 2. The monoisotopic (exact) mass is 492 g/mol. The third kappa shape index (κ3) is 5.02. The number of amides is 1. The van der Waals surface area contributed by atoms with Gasteiger partial charge in [0.05, 0.1) is 19.1 Å². The second-order valence-corrected chi connectivity index (χ2v) is 10.0. The number of aromatic nitrogens is 2. The van der Waals surface area contributed by atoms with Gasteiger partial charge in [-0.2, -0.15) is 20.6 Å². The van der Waals surface area contributed by atoms with Gasteiger partial charge in [0.15, 0.2) is 11.5 Å². The van der Waals surface area contributed by atoms with Gasteiger partial charge in [0, 0.05) is 56.0 Å². The smallest absolute Gasteiger partial charge is 0.243 e. The van der Waals surface area contributed by atoms with Crippen LogP contribution in [0.4, 0.5) is 0 Å². The number of carbonyl (C=O) groups excluding carboxylic acids is 1. The fourth-order valence-corrected chi connectivity index (χ4v) is 5.61. The van der Waals surface area contributed by atoms with Crippen molar-refractivity contribution in [2.45, 2.75) is 17.7 Å². The molecule has 0 spiro atoms. The molecule has 33 heavy (non-hydrogen) atoms. The van der Waals surface area contributed by atoms with Crippen LogP contribution < -0.4 is 9.47 Å². The van der Waals surface area contributed by atoms with Gasteiger partial charge in [0.25, 0.3) is 0 Å². The highest BCUT2D eigenvalue weighted by atomic mass is 32.2. The first-order valence-corrected chi connectivity index (χ1v) is 12.7. The average molecular weight is 493 g/mol. The Bertz CT molecular complexity index is 1200. The first-order chi connectivity index (χ1) is 15.9. The minimum atomic E-state index is -3.72. The normalized spacial score (nSPS) is 14.9. The number of hydrogen-bond donors (Lipinski definition) is 0. The number of nitrogens with zero attached hydrogens (tertiary/aromatic N) is 4. The first kappa shape index (κ1) is 23.2. The topological polar surface area (TPSA) is 115 Å². The summed E-state index contributed by atoms with van der Waals surface area (Å²) < 4.78 is 43.1. The maximum atomic E-state index is 13.0. The van der Waals surface area contributed by atoms with Gasteiger partial charge in [0.2, 0.25) is 27.6 Å². The molecule has 0 aliphatic carbocycles. The van der Waals surface area contributed by atoms with Crippen LogP contribution in [0.3, 0.4) is 0 Å². The van der Waals surface area contributed by atoms with Crippen LogP contribution in [0.25, 0.3) is 11.4 Å². The number of ether oxygens (including phenoxy) is 2. The van der Waals surface area contributed by atoms with Gasteiger partial charge in [0.1, 0.15) is 0 Å². The molecular formula is C21H24N4O6S2. The van der Waals surface area contributed by atoms with E-state index >= 15 is 0 Å². The lowest BCUT2D eigenvalue weighted by Gasteiger charge is -2.34. The van der Waals surface area contributed by atoms with Crippen molar-refractivity contribution in [3.05, 3.63) is 40.9 Å². The number of sulfonamides is 1. The molecule has 1 fully saturated rings. The number of carbonyl (C=O) groups is 1. The molecule has 1 aliphatic rings. The summed E-state index contributed by atoms with van der Waals surface area (Å²) in [6.45, 7) is 1.06. The van der Waals surface area contributed by atoms with Crippen LogP contribution in [0.5, 0.6) is 11.5 Å². The molecule has 1 saturated heterocycles. The Labute approximate surface area is 195 Å². The Hall–Kier alpha value is -2.96. The summed E-state index contributed by atoms with van der Waals surface area (Å²) in [5.74, 6) is 1.63. The molecule has 1 aromatic carbocycles. The summed E-state index contributed by atoms with van der Waals surface area (Å²) in [6, 6.07) is 6.40. The van der Waals surface area contributed by atoms with Crippen molar-refractivity contribution >= 4 is 27.3 Å². The second-order valence-electron chi connectivity index (χ2n) is 7.33. The SMILES string of the molecule is COc1ccc(S(=O)(=O)N2CCN(C(=O)CCc3nc(-c4ccsc4)no3)CC2)cc1OC. The lowest BCUT2D eigenvalue weighted by Crippen LogP contribution is -2.50. The summed E-state index contributed by atoms with van der Waals surface area (Å²) in [5, 5.41) is 7.80. The molecule has 0 radical (unpaired) electrons. The van der Waals surface area contributed by atoms with Gasteiger partial charge >= 0.3 is 0 Å². The van der Waals surface area contributed by atoms with Crippen LogP contribution in [-0.4, -0.2) is 74.1 Å². The summed E-state index contributed by atoms with van der Waals surface area (Å²) in [5.41, 5.74) is 0.883. The van der Waals surface area contributed by atoms with Crippen LogP contribution in [0.2, 0.25) is 0 Å². The van der Waals surface area contributed by atoms with Gasteiger partial charge in [-0.3, -0.25) is 4.79 Å². The Balaban J connectivity index is 1.32.